The number of hydrogen-bond acceptors (Lipinski definition) is 3. The number of carbonyl (C=O) groups is 1. The number of hydrogen-bond donors (Lipinski definition) is 2. The molecular formula is C17H14F6N2O3S. The van der Waals surface area contributed by atoms with Crippen molar-refractivity contribution in [1.82, 2.24) is 4.72 Å². The zero-order valence-electron chi connectivity index (χ0n) is 14.4. The molecule has 12 heteroatoms. The van der Waals surface area contributed by atoms with Crippen molar-refractivity contribution in [3.05, 3.63) is 59.7 Å². The molecule has 0 heterocycles. The minimum atomic E-state index is -4.88. The van der Waals surface area contributed by atoms with Gasteiger partial charge in [-0.05, 0) is 36.4 Å². The van der Waals surface area contributed by atoms with Crippen LogP contribution >= 0.6 is 0 Å². The smallest absolute Gasteiger partial charge is 0.326 e. The van der Waals surface area contributed by atoms with E-state index in [1.807, 2.05) is 4.72 Å². The molecule has 0 bridgehead atoms. The second kappa shape index (κ2) is 8.41. The van der Waals surface area contributed by atoms with Gasteiger partial charge in [0.05, 0.1) is 16.0 Å². The third-order valence-corrected chi connectivity index (χ3v) is 5.14. The van der Waals surface area contributed by atoms with Crippen LogP contribution in [0.25, 0.3) is 0 Å². The minimum Gasteiger partial charge on any atom is -0.326 e. The van der Waals surface area contributed by atoms with Gasteiger partial charge in [0.2, 0.25) is 15.9 Å². The number of sulfonamides is 1. The fourth-order valence-corrected chi connectivity index (χ4v) is 3.54. The van der Waals surface area contributed by atoms with Gasteiger partial charge in [0.25, 0.3) is 0 Å². The third kappa shape index (κ3) is 6.19. The van der Waals surface area contributed by atoms with Crippen LogP contribution in [0.2, 0.25) is 0 Å². The van der Waals surface area contributed by atoms with E-state index in [0.29, 0.717) is 6.07 Å². The molecule has 5 nitrogen and oxygen atoms in total. The van der Waals surface area contributed by atoms with Crippen molar-refractivity contribution in [3.63, 3.8) is 0 Å². The summed E-state index contributed by atoms with van der Waals surface area (Å²) in [5.41, 5.74) is -2.21. The predicted molar refractivity (Wildman–Crippen MR) is 91.3 cm³/mol. The molecule has 0 aliphatic rings. The number of amides is 1. The topological polar surface area (TPSA) is 75.3 Å². The van der Waals surface area contributed by atoms with Crippen LogP contribution in [0.15, 0.2) is 53.4 Å². The van der Waals surface area contributed by atoms with E-state index >= 15 is 0 Å². The first kappa shape index (κ1) is 22.7. The van der Waals surface area contributed by atoms with Crippen molar-refractivity contribution in [2.45, 2.75) is 23.7 Å². The fourth-order valence-electron chi connectivity index (χ4n) is 2.28. The Morgan fingerprint density at radius 1 is 0.862 bits per heavy atom. The van der Waals surface area contributed by atoms with Gasteiger partial charge < -0.3 is 5.32 Å². The molecule has 0 unspecified atom stereocenters. The quantitative estimate of drug-likeness (QED) is 0.666. The van der Waals surface area contributed by atoms with Crippen molar-refractivity contribution < 1.29 is 39.6 Å². The molecule has 0 radical (unpaired) electrons. The standard InChI is InChI=1S/C17H14F6N2O3S/c18-16(19,20)11-5-7-12(8-6-11)25-15(26)9-10-24-29(27,28)14-4-2-1-3-13(14)17(21,22)23/h1-8,24H,9-10H2,(H,25,26). The minimum absolute atomic E-state index is 0.0493. The van der Waals surface area contributed by atoms with E-state index in [-0.39, 0.29) is 5.69 Å². The van der Waals surface area contributed by atoms with E-state index in [4.69, 9.17) is 0 Å². The molecule has 158 valence electrons. The van der Waals surface area contributed by atoms with Crippen molar-refractivity contribution >= 4 is 21.6 Å². The molecule has 0 aliphatic carbocycles. The molecule has 0 saturated heterocycles. The molecule has 0 saturated carbocycles. The second-order valence-electron chi connectivity index (χ2n) is 5.76. The van der Waals surface area contributed by atoms with Gasteiger partial charge in [-0.1, -0.05) is 12.1 Å². The predicted octanol–water partition coefficient (Wildman–Crippen LogP) is 4.03. The molecule has 0 fully saturated rings. The molecule has 29 heavy (non-hydrogen) atoms. The van der Waals surface area contributed by atoms with Crippen LogP contribution in [0.1, 0.15) is 17.5 Å². The normalized spacial score (nSPS) is 12.6. The maximum absolute atomic E-state index is 12.9. The van der Waals surface area contributed by atoms with Crippen LogP contribution in [0.5, 0.6) is 0 Å². The molecule has 2 N–H and O–H groups in total. The first-order valence-electron chi connectivity index (χ1n) is 7.94. The molecule has 2 aromatic rings. The first-order valence-corrected chi connectivity index (χ1v) is 9.42. The Balaban J connectivity index is 1.97. The van der Waals surface area contributed by atoms with E-state index in [1.165, 1.54) is 0 Å². The highest BCUT2D eigenvalue weighted by atomic mass is 32.2. The van der Waals surface area contributed by atoms with E-state index in [1.54, 1.807) is 0 Å². The summed E-state index contributed by atoms with van der Waals surface area (Å²) in [4.78, 5) is 10.8. The Morgan fingerprint density at radius 2 is 1.45 bits per heavy atom. The summed E-state index contributed by atoms with van der Waals surface area (Å²) in [5.74, 6) is -0.739. The molecular weight excluding hydrogens is 426 g/mol. The molecule has 2 rings (SSSR count). The number of anilines is 1. The maximum Gasteiger partial charge on any atom is 0.417 e. The summed E-state index contributed by atoms with van der Waals surface area (Å²) in [7, 11) is -4.54. The van der Waals surface area contributed by atoms with Gasteiger partial charge in [-0.2, -0.15) is 26.3 Å². The lowest BCUT2D eigenvalue weighted by Crippen LogP contribution is -2.29. The summed E-state index contributed by atoms with van der Waals surface area (Å²) >= 11 is 0. The van der Waals surface area contributed by atoms with Crippen LogP contribution in [-0.4, -0.2) is 20.9 Å². The summed E-state index contributed by atoms with van der Waals surface area (Å²) in [6, 6.07) is 7.12. The number of alkyl halides is 6. The molecule has 0 aromatic heterocycles. The Kier molecular flexibility index (Phi) is 6.58. The summed E-state index contributed by atoms with van der Waals surface area (Å²) in [6.45, 7) is -0.513. The highest BCUT2D eigenvalue weighted by Crippen LogP contribution is 2.34. The van der Waals surface area contributed by atoms with E-state index in [0.717, 1.165) is 42.5 Å². The Labute approximate surface area is 161 Å². The number of carbonyl (C=O) groups excluding carboxylic acids is 1. The van der Waals surface area contributed by atoms with Crippen LogP contribution in [0.3, 0.4) is 0 Å². The monoisotopic (exact) mass is 440 g/mol. The SMILES string of the molecule is O=C(CCNS(=O)(=O)c1ccccc1C(F)(F)F)Nc1ccc(C(F)(F)F)cc1. The lowest BCUT2D eigenvalue weighted by molar-refractivity contribution is -0.140. The highest BCUT2D eigenvalue weighted by Gasteiger charge is 2.36. The van der Waals surface area contributed by atoms with Gasteiger partial charge in [0.1, 0.15) is 0 Å². The summed E-state index contributed by atoms with van der Waals surface area (Å²) in [6.07, 6.45) is -9.87. The maximum atomic E-state index is 12.9. The van der Waals surface area contributed by atoms with E-state index in [9.17, 15) is 39.6 Å². The van der Waals surface area contributed by atoms with Gasteiger partial charge in [-0.15, -0.1) is 0 Å². The van der Waals surface area contributed by atoms with Gasteiger partial charge >= 0.3 is 12.4 Å². The molecule has 0 spiro atoms. The summed E-state index contributed by atoms with van der Waals surface area (Å²) in [5, 5.41) is 2.26. The Bertz CT molecular complexity index is 970. The van der Waals surface area contributed by atoms with Gasteiger partial charge in [-0.25, -0.2) is 13.1 Å². The summed E-state index contributed by atoms with van der Waals surface area (Å²) < 4.78 is 102. The number of nitrogens with one attached hydrogen (secondary N) is 2. The number of halogens is 6. The molecule has 0 atom stereocenters. The highest BCUT2D eigenvalue weighted by molar-refractivity contribution is 7.89. The average Bonchev–Trinajstić information content (AvgIpc) is 2.60. The van der Waals surface area contributed by atoms with Crippen LogP contribution in [0.4, 0.5) is 32.0 Å². The largest absolute Gasteiger partial charge is 0.417 e. The molecule has 1 amide bonds. The van der Waals surface area contributed by atoms with Crippen molar-refractivity contribution in [2.24, 2.45) is 0 Å². The Hall–Kier alpha value is -2.60. The second-order valence-corrected chi connectivity index (χ2v) is 7.50. The zero-order valence-corrected chi connectivity index (χ0v) is 15.3. The van der Waals surface area contributed by atoms with E-state index in [2.05, 4.69) is 5.32 Å². The van der Waals surface area contributed by atoms with Crippen LogP contribution in [-0.2, 0) is 27.2 Å². The van der Waals surface area contributed by atoms with Gasteiger partial charge in [-0.3, -0.25) is 4.79 Å². The molecule has 0 aliphatic heterocycles. The lowest BCUT2D eigenvalue weighted by Gasteiger charge is -2.13. The average molecular weight is 440 g/mol. The zero-order chi connectivity index (χ0) is 21.9. The van der Waals surface area contributed by atoms with Gasteiger partial charge in [0, 0.05) is 18.7 Å². The fraction of sp³-hybridized carbons (Fsp3) is 0.235. The van der Waals surface area contributed by atoms with Crippen molar-refractivity contribution in [1.29, 1.82) is 0 Å². The van der Waals surface area contributed by atoms with Crippen LogP contribution in [0, 0.1) is 0 Å². The van der Waals surface area contributed by atoms with Crippen molar-refractivity contribution in [3.8, 4) is 0 Å². The first-order chi connectivity index (χ1) is 13.3. The van der Waals surface area contributed by atoms with Crippen LogP contribution < -0.4 is 10.0 Å². The number of benzene rings is 2. The lowest BCUT2D eigenvalue weighted by atomic mass is 10.2. The number of rotatable bonds is 6. The van der Waals surface area contributed by atoms with Crippen molar-refractivity contribution in [2.75, 3.05) is 11.9 Å². The third-order valence-electron chi connectivity index (χ3n) is 3.62. The molecule has 2 aromatic carbocycles. The van der Waals surface area contributed by atoms with Gasteiger partial charge in [0.15, 0.2) is 0 Å². The van der Waals surface area contributed by atoms with E-state index < -0.39 is 57.3 Å². The Morgan fingerprint density at radius 3 is 2.00 bits per heavy atom.